The van der Waals surface area contributed by atoms with E-state index in [-0.39, 0.29) is 12.2 Å². The van der Waals surface area contributed by atoms with E-state index in [1.165, 1.54) is 17.8 Å². The van der Waals surface area contributed by atoms with Crippen molar-refractivity contribution < 1.29 is 18.7 Å². The van der Waals surface area contributed by atoms with Gasteiger partial charge in [0.25, 0.3) is 5.56 Å². The number of hydrogen-bond donors (Lipinski definition) is 0. The second kappa shape index (κ2) is 10.8. The number of rotatable bonds is 7. The van der Waals surface area contributed by atoms with Gasteiger partial charge in [-0.3, -0.25) is 9.36 Å². The van der Waals surface area contributed by atoms with E-state index in [1.807, 2.05) is 43.3 Å². The Balaban J connectivity index is 1.59. The molecule has 1 unspecified atom stereocenters. The number of carbonyl (C=O) groups is 1. The van der Waals surface area contributed by atoms with E-state index >= 15 is 0 Å². The average Bonchev–Trinajstić information content (AvgIpc) is 3.49. The van der Waals surface area contributed by atoms with Crippen LogP contribution in [0.3, 0.4) is 0 Å². The lowest BCUT2D eigenvalue weighted by atomic mass is 9.96. The smallest absolute Gasteiger partial charge is 0.338 e. The summed E-state index contributed by atoms with van der Waals surface area (Å²) in [6.45, 7) is 8.20. The summed E-state index contributed by atoms with van der Waals surface area (Å²) in [6.07, 6.45) is 5.31. The molecule has 0 N–H and O–H groups in total. The summed E-state index contributed by atoms with van der Waals surface area (Å²) in [7, 11) is 0. The van der Waals surface area contributed by atoms with Crippen LogP contribution in [0, 0.1) is 0 Å². The highest BCUT2D eigenvalue weighted by Gasteiger charge is 2.33. The van der Waals surface area contributed by atoms with E-state index in [0.717, 1.165) is 43.1 Å². The first-order valence-corrected chi connectivity index (χ1v) is 13.6. The molecule has 1 saturated heterocycles. The van der Waals surface area contributed by atoms with Crippen LogP contribution in [0.2, 0.25) is 0 Å². The summed E-state index contributed by atoms with van der Waals surface area (Å²) in [6, 6.07) is 10.6. The fourth-order valence-corrected chi connectivity index (χ4v) is 5.88. The van der Waals surface area contributed by atoms with Gasteiger partial charge < -0.3 is 18.8 Å². The number of carbonyl (C=O) groups excluding carboxylic acids is 1. The number of hydrogen-bond acceptors (Lipinski definition) is 8. The van der Waals surface area contributed by atoms with Crippen molar-refractivity contribution in [3.05, 3.63) is 78.7 Å². The minimum atomic E-state index is -0.659. The highest BCUT2D eigenvalue weighted by molar-refractivity contribution is 7.07. The Bertz CT molecular complexity index is 1490. The number of nitrogens with zero attached hydrogens (tertiary/aromatic N) is 3. The molecular weight excluding hydrogens is 490 g/mol. The van der Waals surface area contributed by atoms with Crippen molar-refractivity contribution in [3.8, 4) is 5.75 Å². The van der Waals surface area contributed by atoms with Crippen LogP contribution in [-0.2, 0) is 9.53 Å². The lowest BCUT2D eigenvalue weighted by Crippen LogP contribution is -2.39. The number of fused-ring (bicyclic) bond motifs is 1. The quantitative estimate of drug-likeness (QED) is 0.440. The Labute approximate surface area is 219 Å². The monoisotopic (exact) mass is 521 g/mol. The van der Waals surface area contributed by atoms with Crippen molar-refractivity contribution in [2.75, 3.05) is 31.2 Å². The number of benzene rings is 1. The molecule has 0 amide bonds. The zero-order valence-corrected chi connectivity index (χ0v) is 22.2. The molecule has 0 spiro atoms. The zero-order valence-electron chi connectivity index (χ0n) is 21.4. The van der Waals surface area contributed by atoms with Crippen LogP contribution in [0.5, 0.6) is 5.75 Å². The SMILES string of the molecule is CCOC(=O)C1=C(C)N=c2sc(=Cc3ccc(N4CCCCC4)o3)c(=O)n2C1c1ccc(OCC)cc1. The van der Waals surface area contributed by atoms with Crippen molar-refractivity contribution in [1.29, 1.82) is 0 Å². The Hall–Kier alpha value is -3.59. The molecule has 0 bridgehead atoms. The minimum absolute atomic E-state index is 0.229. The normalized spacial score (nSPS) is 18.0. The highest BCUT2D eigenvalue weighted by atomic mass is 32.1. The van der Waals surface area contributed by atoms with E-state index in [4.69, 9.17) is 13.9 Å². The third-order valence-corrected chi connectivity index (χ3v) is 7.56. The average molecular weight is 522 g/mol. The van der Waals surface area contributed by atoms with Crippen molar-refractivity contribution >= 4 is 29.3 Å². The molecule has 2 aliphatic rings. The van der Waals surface area contributed by atoms with Crippen LogP contribution >= 0.6 is 11.3 Å². The number of esters is 1. The standard InChI is InChI=1S/C28H31N3O5S/c1-4-34-20-11-9-19(10-12-20)25-24(27(33)35-5-2)18(3)29-28-31(25)26(32)22(37-28)17-21-13-14-23(36-21)30-15-7-6-8-16-30/h9-14,17,25H,4-8,15-16H2,1-3H3. The Kier molecular flexibility index (Phi) is 7.32. The number of furan rings is 1. The molecule has 9 heteroatoms. The Morgan fingerprint density at radius 3 is 2.57 bits per heavy atom. The largest absolute Gasteiger partial charge is 0.494 e. The Morgan fingerprint density at radius 1 is 1.11 bits per heavy atom. The third-order valence-electron chi connectivity index (χ3n) is 6.58. The fourth-order valence-electron chi connectivity index (χ4n) is 4.85. The van der Waals surface area contributed by atoms with Crippen LogP contribution in [0.4, 0.5) is 5.88 Å². The van der Waals surface area contributed by atoms with Crippen molar-refractivity contribution in [1.82, 2.24) is 4.57 Å². The molecule has 0 radical (unpaired) electrons. The topological polar surface area (TPSA) is 86.3 Å². The summed E-state index contributed by atoms with van der Waals surface area (Å²) < 4.78 is 19.1. The molecule has 2 aromatic heterocycles. The first-order chi connectivity index (χ1) is 18.0. The maximum Gasteiger partial charge on any atom is 0.338 e. The van der Waals surface area contributed by atoms with E-state index in [0.29, 0.717) is 33.0 Å². The molecule has 0 aliphatic carbocycles. The van der Waals surface area contributed by atoms with Gasteiger partial charge in [-0.2, -0.15) is 0 Å². The summed E-state index contributed by atoms with van der Waals surface area (Å²) >= 11 is 1.29. The highest BCUT2D eigenvalue weighted by Crippen LogP contribution is 2.31. The summed E-state index contributed by atoms with van der Waals surface area (Å²) in [5.41, 5.74) is 1.44. The molecule has 5 rings (SSSR count). The van der Waals surface area contributed by atoms with Crippen LogP contribution in [-0.4, -0.2) is 36.8 Å². The first kappa shape index (κ1) is 25.1. The fraction of sp³-hybridized carbons (Fsp3) is 0.393. The van der Waals surface area contributed by atoms with Gasteiger partial charge in [-0.1, -0.05) is 23.5 Å². The number of allylic oxidation sites excluding steroid dienone is 1. The van der Waals surface area contributed by atoms with Crippen molar-refractivity contribution in [2.45, 2.75) is 46.1 Å². The van der Waals surface area contributed by atoms with E-state index in [9.17, 15) is 9.59 Å². The van der Waals surface area contributed by atoms with Crippen molar-refractivity contribution in [2.24, 2.45) is 4.99 Å². The third kappa shape index (κ3) is 5.00. The van der Waals surface area contributed by atoms with Gasteiger partial charge in [-0.15, -0.1) is 0 Å². The van der Waals surface area contributed by atoms with E-state index in [1.54, 1.807) is 24.5 Å². The predicted octanol–water partition coefficient (Wildman–Crippen LogP) is 3.78. The van der Waals surface area contributed by atoms with Crippen molar-refractivity contribution in [3.63, 3.8) is 0 Å². The molecule has 3 aromatic rings. The molecule has 37 heavy (non-hydrogen) atoms. The maximum atomic E-state index is 13.7. The van der Waals surface area contributed by atoms with Crippen LogP contribution in [0.15, 0.2) is 61.9 Å². The predicted molar refractivity (Wildman–Crippen MR) is 143 cm³/mol. The van der Waals surface area contributed by atoms with Crippen LogP contribution < -0.4 is 24.5 Å². The second-order valence-corrected chi connectivity index (χ2v) is 10.0. The number of ether oxygens (including phenoxy) is 2. The summed E-state index contributed by atoms with van der Waals surface area (Å²) in [5, 5.41) is 0. The van der Waals surface area contributed by atoms with E-state index < -0.39 is 12.0 Å². The first-order valence-electron chi connectivity index (χ1n) is 12.8. The van der Waals surface area contributed by atoms with Gasteiger partial charge in [-0.05, 0) is 63.8 Å². The molecule has 1 aromatic carbocycles. The molecular formula is C28H31N3O5S. The molecule has 2 aliphatic heterocycles. The molecule has 4 heterocycles. The summed E-state index contributed by atoms with van der Waals surface area (Å²) in [4.78, 5) is 34.2. The van der Waals surface area contributed by atoms with Crippen LogP contribution in [0.1, 0.15) is 57.4 Å². The van der Waals surface area contributed by atoms with Gasteiger partial charge in [0.2, 0.25) is 0 Å². The molecule has 8 nitrogen and oxygen atoms in total. The minimum Gasteiger partial charge on any atom is -0.494 e. The molecule has 1 atom stereocenters. The lowest BCUT2D eigenvalue weighted by molar-refractivity contribution is -0.139. The van der Waals surface area contributed by atoms with E-state index in [2.05, 4.69) is 9.89 Å². The maximum absolute atomic E-state index is 13.7. The molecule has 0 saturated carbocycles. The van der Waals surface area contributed by atoms with Gasteiger partial charge in [0.05, 0.1) is 35.1 Å². The number of piperidine rings is 1. The Morgan fingerprint density at radius 2 is 1.86 bits per heavy atom. The van der Waals surface area contributed by atoms with Gasteiger partial charge in [-0.25, -0.2) is 9.79 Å². The number of aromatic nitrogens is 1. The van der Waals surface area contributed by atoms with Crippen LogP contribution in [0.25, 0.3) is 6.08 Å². The second-order valence-electron chi connectivity index (χ2n) is 9.03. The van der Waals surface area contributed by atoms with Gasteiger partial charge >= 0.3 is 5.97 Å². The number of thiazole rings is 1. The summed E-state index contributed by atoms with van der Waals surface area (Å²) in [5.74, 6) is 1.68. The lowest BCUT2D eigenvalue weighted by Gasteiger charge is -2.25. The molecule has 1 fully saturated rings. The molecule has 194 valence electrons. The van der Waals surface area contributed by atoms with Gasteiger partial charge in [0, 0.05) is 25.2 Å². The van der Waals surface area contributed by atoms with Gasteiger partial charge in [0.15, 0.2) is 10.7 Å². The van der Waals surface area contributed by atoms with Gasteiger partial charge in [0.1, 0.15) is 11.5 Å². The number of anilines is 1. The zero-order chi connectivity index (χ0) is 25.9.